The van der Waals surface area contributed by atoms with Crippen LogP contribution in [-0.2, 0) is 28.7 Å². The number of nitrogens with zero attached hydrogens (tertiary/aromatic N) is 3. The smallest absolute Gasteiger partial charge is 0.313 e. The molecule has 4 aliphatic heterocycles. The third-order valence-electron chi connectivity index (χ3n) is 10.4. The molecule has 0 aliphatic carbocycles. The summed E-state index contributed by atoms with van der Waals surface area (Å²) in [6, 6.07) is 14.8. The van der Waals surface area contributed by atoms with Crippen LogP contribution in [0.25, 0.3) is 0 Å². The number of amides is 3. The molecule has 50 heavy (non-hydrogen) atoms. The minimum Gasteiger partial charge on any atom is -0.497 e. The Morgan fingerprint density at radius 3 is 2.40 bits per heavy atom. The van der Waals surface area contributed by atoms with Gasteiger partial charge in [0.25, 0.3) is 5.91 Å². The summed E-state index contributed by atoms with van der Waals surface area (Å²) in [5.74, 6) is -2.89. The molecule has 11 nitrogen and oxygen atoms in total. The van der Waals surface area contributed by atoms with Crippen LogP contribution in [0.15, 0.2) is 77.3 Å². The number of aliphatic hydroxyl groups is 1. The molecular formula is C38H44BrN3O8. The Kier molecular flexibility index (Phi) is 10.8. The highest BCUT2D eigenvalue weighted by atomic mass is 79.9. The number of likely N-dealkylation sites (N-methyl/N-ethyl adjacent to an activating group) is 1. The van der Waals surface area contributed by atoms with E-state index in [1.54, 1.807) is 59.2 Å². The van der Waals surface area contributed by atoms with Gasteiger partial charge in [0.2, 0.25) is 11.8 Å². The van der Waals surface area contributed by atoms with E-state index in [2.05, 4.69) is 15.9 Å². The lowest BCUT2D eigenvalue weighted by Gasteiger charge is -2.36. The van der Waals surface area contributed by atoms with Crippen molar-refractivity contribution in [3.63, 3.8) is 0 Å². The first kappa shape index (κ1) is 35.8. The van der Waals surface area contributed by atoms with Crippen LogP contribution in [0.1, 0.15) is 50.7 Å². The van der Waals surface area contributed by atoms with Crippen molar-refractivity contribution in [3.05, 3.63) is 82.9 Å². The minimum absolute atomic E-state index is 0.0244. The molecule has 0 unspecified atom stereocenters. The molecule has 6 rings (SSSR count). The number of halogens is 1. The quantitative estimate of drug-likeness (QED) is 0.237. The van der Waals surface area contributed by atoms with Gasteiger partial charge in [-0.1, -0.05) is 58.4 Å². The summed E-state index contributed by atoms with van der Waals surface area (Å²) in [6.45, 7) is 2.29. The van der Waals surface area contributed by atoms with Crippen LogP contribution < -0.4 is 9.64 Å². The van der Waals surface area contributed by atoms with Crippen LogP contribution in [0, 0.1) is 11.8 Å². The van der Waals surface area contributed by atoms with Crippen molar-refractivity contribution in [2.24, 2.45) is 11.8 Å². The number of unbranched alkanes of at least 4 members (excludes halogenated alkanes) is 2. The van der Waals surface area contributed by atoms with E-state index in [1.807, 2.05) is 49.4 Å². The van der Waals surface area contributed by atoms with Crippen LogP contribution in [0.4, 0.5) is 5.69 Å². The fourth-order valence-corrected chi connectivity index (χ4v) is 8.45. The maximum atomic E-state index is 15.0. The molecule has 7 atom stereocenters. The molecule has 5 bridgehead atoms. The van der Waals surface area contributed by atoms with Gasteiger partial charge in [0, 0.05) is 43.3 Å². The average molecular weight is 751 g/mol. The molecule has 1 N–H and O–H groups in total. The Labute approximate surface area is 301 Å². The number of esters is 1. The number of carbonyl (C=O) groups excluding carboxylic acids is 4. The van der Waals surface area contributed by atoms with Gasteiger partial charge >= 0.3 is 5.97 Å². The lowest BCUT2D eigenvalue weighted by Crippen LogP contribution is -2.56. The molecule has 4 heterocycles. The fourth-order valence-electron chi connectivity index (χ4n) is 7.71. The second-order valence-electron chi connectivity index (χ2n) is 13.3. The number of likely N-dealkylation sites (tertiary alicyclic amines) is 1. The summed E-state index contributed by atoms with van der Waals surface area (Å²) in [6.07, 6.45) is 6.30. The first-order valence-electron chi connectivity index (χ1n) is 17.2. The number of aliphatic hydroxyl groups excluding tert-OH is 1. The van der Waals surface area contributed by atoms with Gasteiger partial charge in [-0.05, 0) is 68.5 Å². The highest BCUT2D eigenvalue weighted by Crippen LogP contribution is 2.59. The van der Waals surface area contributed by atoms with Crippen LogP contribution in [0.5, 0.6) is 5.75 Å². The van der Waals surface area contributed by atoms with Gasteiger partial charge in [-0.15, -0.1) is 0 Å². The van der Waals surface area contributed by atoms with E-state index in [9.17, 15) is 19.5 Å². The predicted octanol–water partition coefficient (Wildman–Crippen LogP) is 4.55. The molecule has 266 valence electrons. The lowest BCUT2D eigenvalue weighted by atomic mass is 9.74. The Hall–Kier alpha value is -4.00. The molecule has 0 saturated carbocycles. The van der Waals surface area contributed by atoms with Gasteiger partial charge < -0.3 is 34.0 Å². The van der Waals surface area contributed by atoms with E-state index in [1.165, 1.54) is 0 Å². The van der Waals surface area contributed by atoms with E-state index in [4.69, 9.17) is 14.2 Å². The number of hydrogen-bond donors (Lipinski definition) is 1. The monoisotopic (exact) mass is 749 g/mol. The topological polar surface area (TPSA) is 126 Å². The van der Waals surface area contributed by atoms with E-state index in [-0.39, 0.29) is 43.8 Å². The van der Waals surface area contributed by atoms with Gasteiger partial charge in [0.05, 0.1) is 19.1 Å². The number of ether oxygens (including phenoxy) is 3. The number of methoxy groups -OCH3 is 1. The van der Waals surface area contributed by atoms with E-state index in [0.717, 1.165) is 0 Å². The summed E-state index contributed by atoms with van der Waals surface area (Å²) in [5.41, 5.74) is -0.125. The largest absolute Gasteiger partial charge is 0.497 e. The molecule has 0 aromatic heterocycles. The summed E-state index contributed by atoms with van der Waals surface area (Å²) >= 11 is 3.62. The van der Waals surface area contributed by atoms with Crippen LogP contribution in [0.3, 0.4) is 0 Å². The first-order chi connectivity index (χ1) is 24.1. The Bertz CT molecular complexity index is 1650. The SMILES string of the molecule is COc1ccc(N2C/C=C\CCC(=O)N(C)[C@H](C)[C@@H](c3ccccc3)OC(=O)[C@@H]3[C@H]4O[C@@]5(C=C4Br)[C@H](C2=O)N(CCCCCO)C(=O)[C@@H]35)cc1. The summed E-state index contributed by atoms with van der Waals surface area (Å²) in [4.78, 5) is 62.3. The van der Waals surface area contributed by atoms with Gasteiger partial charge in [-0.2, -0.15) is 0 Å². The van der Waals surface area contributed by atoms with Crippen molar-refractivity contribution in [2.45, 2.75) is 68.9 Å². The molecule has 3 amide bonds. The third-order valence-corrected chi connectivity index (χ3v) is 11.1. The third kappa shape index (κ3) is 6.49. The zero-order valence-corrected chi connectivity index (χ0v) is 30.2. The second-order valence-corrected chi connectivity index (χ2v) is 14.2. The molecule has 2 fully saturated rings. The van der Waals surface area contributed by atoms with Gasteiger partial charge in [-0.3, -0.25) is 19.2 Å². The average Bonchev–Trinajstić information content (AvgIpc) is 3.72. The maximum Gasteiger partial charge on any atom is 0.313 e. The normalized spacial score (nSPS) is 30.7. The molecule has 1 spiro atoms. The van der Waals surface area contributed by atoms with Crippen molar-refractivity contribution >= 4 is 45.3 Å². The van der Waals surface area contributed by atoms with E-state index in [0.29, 0.717) is 47.2 Å². The number of benzene rings is 2. The van der Waals surface area contributed by atoms with Gasteiger partial charge in [-0.25, -0.2) is 0 Å². The second kappa shape index (κ2) is 15.1. The van der Waals surface area contributed by atoms with Crippen LogP contribution in [0.2, 0.25) is 0 Å². The van der Waals surface area contributed by atoms with Crippen LogP contribution in [-0.4, -0.2) is 96.2 Å². The first-order valence-corrected chi connectivity index (χ1v) is 18.0. The minimum atomic E-state index is -1.43. The van der Waals surface area contributed by atoms with E-state index < -0.39 is 47.7 Å². The number of rotatable bonds is 8. The Morgan fingerprint density at radius 2 is 1.70 bits per heavy atom. The van der Waals surface area contributed by atoms with Crippen LogP contribution >= 0.6 is 15.9 Å². The van der Waals surface area contributed by atoms with E-state index >= 15 is 4.79 Å². The molecule has 4 aliphatic rings. The number of anilines is 1. The molecule has 0 radical (unpaired) electrons. The van der Waals surface area contributed by atoms with Crippen molar-refractivity contribution in [1.29, 1.82) is 0 Å². The van der Waals surface area contributed by atoms with Crippen molar-refractivity contribution in [1.82, 2.24) is 9.80 Å². The number of fused-ring (bicyclic) bond motifs is 2. The molecule has 2 saturated heterocycles. The maximum absolute atomic E-state index is 15.0. The van der Waals surface area contributed by atoms with Gasteiger partial charge in [0.1, 0.15) is 35.5 Å². The highest BCUT2D eigenvalue weighted by Gasteiger charge is 2.75. The summed E-state index contributed by atoms with van der Waals surface area (Å²) in [5, 5.41) is 9.41. The number of hydrogen-bond acceptors (Lipinski definition) is 8. The fraction of sp³-hybridized carbons (Fsp3) is 0.474. The molecular weight excluding hydrogens is 706 g/mol. The predicted molar refractivity (Wildman–Crippen MR) is 189 cm³/mol. The summed E-state index contributed by atoms with van der Waals surface area (Å²) < 4.78 is 18.9. The van der Waals surface area contributed by atoms with Crippen molar-refractivity contribution in [2.75, 3.05) is 38.8 Å². The Morgan fingerprint density at radius 1 is 0.960 bits per heavy atom. The molecule has 2 aromatic carbocycles. The molecule has 12 heteroatoms. The zero-order chi connectivity index (χ0) is 35.6. The summed E-state index contributed by atoms with van der Waals surface area (Å²) in [7, 11) is 3.27. The zero-order valence-electron chi connectivity index (χ0n) is 28.6. The highest BCUT2D eigenvalue weighted by molar-refractivity contribution is 9.11. The number of carbonyl (C=O) groups is 4. The van der Waals surface area contributed by atoms with Crippen molar-refractivity contribution < 1.29 is 38.5 Å². The molecule has 2 aromatic rings. The lowest BCUT2D eigenvalue weighted by molar-refractivity contribution is -0.164. The number of cyclic esters (lactones) is 1. The number of allylic oxidation sites excluding steroid dienone is 1. The Balaban J connectivity index is 1.46. The van der Waals surface area contributed by atoms with Gasteiger partial charge in [0.15, 0.2) is 0 Å². The van der Waals surface area contributed by atoms with Crippen molar-refractivity contribution in [3.8, 4) is 5.75 Å². The standard InChI is InChI=1S/C38H44BrN3O8/c1-24-32(25-13-7-4-8-14-25)49-37(47)30-31-35(45)42(21-11-6-12-22-43)34(38(31)23-28(39)33(30)50-38)36(46)41(26-16-18-27(48-3)19-17-26)20-10-5-9-15-29(44)40(24)2/h4-5,7-8,10,13-14,16-19,23-24,30-34,43H,6,9,11-12,15,20-22H2,1-3H3/b10-5-/t24-,30+,31-,32+,33+,34+,38-/m1/s1.